The molecule has 0 heterocycles. The second kappa shape index (κ2) is 5.14. The molecule has 0 spiro atoms. The number of halogens is 1. The molecule has 1 aromatic carbocycles. The van der Waals surface area contributed by atoms with E-state index in [9.17, 15) is 0 Å². The Morgan fingerprint density at radius 1 is 1.50 bits per heavy atom. The summed E-state index contributed by atoms with van der Waals surface area (Å²) in [4.78, 5) is 0. The third kappa shape index (κ3) is 2.83. The van der Waals surface area contributed by atoms with Crippen LogP contribution in [0.15, 0.2) is 22.7 Å². The lowest BCUT2D eigenvalue weighted by molar-refractivity contribution is 0.638. The summed E-state index contributed by atoms with van der Waals surface area (Å²) in [5.74, 6) is 0. The van der Waals surface area contributed by atoms with Crippen molar-refractivity contribution >= 4 is 15.9 Å². The van der Waals surface area contributed by atoms with E-state index in [1.165, 1.54) is 0 Å². The molecule has 0 unspecified atom stereocenters. The van der Waals surface area contributed by atoms with Gasteiger partial charge in [0, 0.05) is 10.5 Å². The lowest BCUT2D eigenvalue weighted by Crippen LogP contribution is -2.09. The third-order valence-corrected chi connectivity index (χ3v) is 2.53. The molecule has 14 heavy (non-hydrogen) atoms. The van der Waals surface area contributed by atoms with Crippen molar-refractivity contribution in [3.05, 3.63) is 33.8 Å². The smallest absolute Gasteiger partial charge is 0.0992 e. The minimum Gasteiger partial charge on any atom is -0.324 e. The maximum absolute atomic E-state index is 8.79. The van der Waals surface area contributed by atoms with Gasteiger partial charge in [-0.15, -0.1) is 0 Å². The number of hydrogen-bond donors (Lipinski definition) is 1. The lowest BCUT2D eigenvalue weighted by Gasteiger charge is -2.11. The molecule has 0 aromatic heterocycles. The molecule has 0 saturated heterocycles. The van der Waals surface area contributed by atoms with E-state index < -0.39 is 0 Å². The number of rotatable bonds is 3. The van der Waals surface area contributed by atoms with E-state index in [1.54, 1.807) is 6.07 Å². The van der Waals surface area contributed by atoms with Gasteiger partial charge in [-0.05, 0) is 30.2 Å². The molecule has 0 saturated carbocycles. The number of nitrogens with zero attached hydrogens (tertiary/aromatic N) is 1. The van der Waals surface area contributed by atoms with Crippen LogP contribution in [0.4, 0.5) is 0 Å². The highest BCUT2D eigenvalue weighted by Gasteiger charge is 2.06. The van der Waals surface area contributed by atoms with Gasteiger partial charge in [0.2, 0.25) is 0 Å². The lowest BCUT2D eigenvalue weighted by atomic mass is 10.0. The molecule has 3 heteroatoms. The highest BCUT2D eigenvalue weighted by atomic mass is 79.9. The maximum Gasteiger partial charge on any atom is 0.0992 e. The molecule has 0 bridgehead atoms. The van der Waals surface area contributed by atoms with Crippen LogP contribution < -0.4 is 5.73 Å². The van der Waals surface area contributed by atoms with E-state index in [1.807, 2.05) is 12.1 Å². The first-order chi connectivity index (χ1) is 6.67. The highest BCUT2D eigenvalue weighted by Crippen LogP contribution is 2.21. The van der Waals surface area contributed by atoms with Gasteiger partial charge >= 0.3 is 0 Å². The van der Waals surface area contributed by atoms with Gasteiger partial charge in [0.05, 0.1) is 11.6 Å². The van der Waals surface area contributed by atoms with Crippen molar-refractivity contribution in [3.63, 3.8) is 0 Å². The fourth-order valence-electron chi connectivity index (χ4n) is 1.37. The average molecular weight is 253 g/mol. The molecular weight excluding hydrogens is 240 g/mol. The largest absolute Gasteiger partial charge is 0.324 e. The molecule has 0 fully saturated rings. The molecule has 1 rings (SSSR count). The Balaban J connectivity index is 2.98. The number of nitrogens with two attached hydrogens (primary N) is 1. The maximum atomic E-state index is 8.79. The molecule has 0 radical (unpaired) electrons. The molecule has 74 valence electrons. The highest BCUT2D eigenvalue weighted by molar-refractivity contribution is 9.10. The van der Waals surface area contributed by atoms with Crippen molar-refractivity contribution in [2.45, 2.75) is 25.8 Å². The van der Waals surface area contributed by atoms with Gasteiger partial charge in [-0.1, -0.05) is 29.3 Å². The van der Waals surface area contributed by atoms with Crippen LogP contribution in [0.2, 0.25) is 0 Å². The Hall–Kier alpha value is -0.850. The van der Waals surface area contributed by atoms with Crippen molar-refractivity contribution < 1.29 is 0 Å². The first kappa shape index (κ1) is 11.2. The predicted octanol–water partition coefficient (Wildman–Crippen LogP) is 3.12. The van der Waals surface area contributed by atoms with Gasteiger partial charge in [0.1, 0.15) is 0 Å². The molecule has 0 amide bonds. The topological polar surface area (TPSA) is 49.8 Å². The zero-order valence-corrected chi connectivity index (χ0v) is 9.71. The van der Waals surface area contributed by atoms with Crippen molar-refractivity contribution in [2.24, 2.45) is 5.73 Å². The van der Waals surface area contributed by atoms with E-state index in [2.05, 4.69) is 28.9 Å². The Bertz CT molecular complexity index is 355. The van der Waals surface area contributed by atoms with Gasteiger partial charge in [-0.25, -0.2) is 0 Å². The summed E-state index contributed by atoms with van der Waals surface area (Å²) in [6, 6.07) is 7.77. The van der Waals surface area contributed by atoms with Crippen molar-refractivity contribution in [3.8, 4) is 6.07 Å². The van der Waals surface area contributed by atoms with Crippen molar-refractivity contribution in [2.75, 3.05) is 0 Å². The van der Waals surface area contributed by atoms with E-state index in [0.29, 0.717) is 5.56 Å². The van der Waals surface area contributed by atoms with Crippen molar-refractivity contribution in [1.29, 1.82) is 5.26 Å². The van der Waals surface area contributed by atoms with Gasteiger partial charge in [0.15, 0.2) is 0 Å². The van der Waals surface area contributed by atoms with Crippen LogP contribution in [0.1, 0.15) is 36.9 Å². The number of nitriles is 1. The molecule has 1 aromatic rings. The predicted molar refractivity (Wildman–Crippen MR) is 60.7 cm³/mol. The summed E-state index contributed by atoms with van der Waals surface area (Å²) in [5.41, 5.74) is 7.65. The summed E-state index contributed by atoms with van der Waals surface area (Å²) in [5, 5.41) is 8.79. The Morgan fingerprint density at radius 2 is 2.21 bits per heavy atom. The third-order valence-electron chi connectivity index (χ3n) is 2.08. The summed E-state index contributed by atoms with van der Waals surface area (Å²) < 4.78 is 0.915. The van der Waals surface area contributed by atoms with Crippen molar-refractivity contribution in [1.82, 2.24) is 0 Å². The Morgan fingerprint density at radius 3 is 2.79 bits per heavy atom. The standard InChI is InChI=1S/C11H13BrN2/c1-2-3-11(14)9-4-8(7-13)5-10(12)6-9/h4-6,11H,2-3,14H2,1H3/t11-/m0/s1. The van der Waals surface area contributed by atoms with Crippen LogP contribution in [0.5, 0.6) is 0 Å². The molecule has 1 atom stereocenters. The van der Waals surface area contributed by atoms with Gasteiger partial charge in [-0.3, -0.25) is 0 Å². The van der Waals surface area contributed by atoms with Gasteiger partial charge in [0.25, 0.3) is 0 Å². The SMILES string of the molecule is CCC[C@H](N)c1cc(Br)cc(C#N)c1. The minimum absolute atomic E-state index is 0.0320. The van der Waals surface area contributed by atoms with Crippen LogP contribution in [0.3, 0.4) is 0 Å². The number of benzene rings is 1. The van der Waals surface area contributed by atoms with Gasteiger partial charge < -0.3 is 5.73 Å². The minimum atomic E-state index is 0.0320. The second-order valence-electron chi connectivity index (χ2n) is 3.28. The Labute approximate surface area is 92.9 Å². The van der Waals surface area contributed by atoms with Crippen LogP contribution >= 0.6 is 15.9 Å². The summed E-state index contributed by atoms with van der Waals surface area (Å²) in [7, 11) is 0. The molecule has 2 N–H and O–H groups in total. The number of hydrogen-bond acceptors (Lipinski definition) is 2. The normalized spacial score (nSPS) is 12.1. The van der Waals surface area contributed by atoms with E-state index in [-0.39, 0.29) is 6.04 Å². The van der Waals surface area contributed by atoms with Crippen LogP contribution in [-0.2, 0) is 0 Å². The summed E-state index contributed by atoms with van der Waals surface area (Å²) >= 11 is 3.37. The first-order valence-corrected chi connectivity index (χ1v) is 5.43. The van der Waals surface area contributed by atoms with Crippen LogP contribution in [-0.4, -0.2) is 0 Å². The second-order valence-corrected chi connectivity index (χ2v) is 4.20. The van der Waals surface area contributed by atoms with E-state index in [0.717, 1.165) is 22.9 Å². The quantitative estimate of drug-likeness (QED) is 0.899. The van der Waals surface area contributed by atoms with Crippen LogP contribution in [0, 0.1) is 11.3 Å². The monoisotopic (exact) mass is 252 g/mol. The van der Waals surface area contributed by atoms with Gasteiger partial charge in [-0.2, -0.15) is 5.26 Å². The van der Waals surface area contributed by atoms with E-state index >= 15 is 0 Å². The molecular formula is C11H13BrN2. The summed E-state index contributed by atoms with van der Waals surface area (Å²) in [6.45, 7) is 2.10. The zero-order valence-electron chi connectivity index (χ0n) is 8.13. The fourth-order valence-corrected chi connectivity index (χ4v) is 1.88. The molecule has 2 nitrogen and oxygen atoms in total. The molecule has 0 aliphatic heterocycles. The van der Waals surface area contributed by atoms with Crippen LogP contribution in [0.25, 0.3) is 0 Å². The Kier molecular flexibility index (Phi) is 4.12. The molecule has 0 aliphatic carbocycles. The zero-order chi connectivity index (χ0) is 10.6. The van der Waals surface area contributed by atoms with E-state index in [4.69, 9.17) is 11.0 Å². The fraction of sp³-hybridized carbons (Fsp3) is 0.364. The molecule has 0 aliphatic rings. The average Bonchev–Trinajstić information content (AvgIpc) is 2.17. The summed E-state index contributed by atoms with van der Waals surface area (Å²) in [6.07, 6.45) is 2.00. The first-order valence-electron chi connectivity index (χ1n) is 4.63.